The van der Waals surface area contributed by atoms with E-state index in [0.29, 0.717) is 17.3 Å². The second-order valence-corrected chi connectivity index (χ2v) is 8.72. The van der Waals surface area contributed by atoms with Crippen molar-refractivity contribution in [3.63, 3.8) is 0 Å². The molecule has 0 bridgehead atoms. The van der Waals surface area contributed by atoms with Crippen LogP contribution in [0.25, 0.3) is 0 Å². The lowest BCUT2D eigenvalue weighted by atomic mass is 9.89. The number of ether oxygens (including phenoxy) is 1. The molecule has 0 aliphatic carbocycles. The van der Waals surface area contributed by atoms with Crippen molar-refractivity contribution in [1.29, 1.82) is 0 Å². The standard InChI is InChI=1S/C19H29N3O3S/c1-13(2)22-9-6-7-14(12-22)11-15(16(23)17-20-8-10-26-17)21-18(24)25-19(3,4)5/h8,10,14-15H,1,6-7,9,11-12H2,2-5H3,(H,21,24)/t14?,15-/m0/s1. The Balaban J connectivity index is 2.08. The van der Waals surface area contributed by atoms with E-state index in [-0.39, 0.29) is 5.78 Å². The number of piperidine rings is 1. The number of carbonyl (C=O) groups excluding carboxylic acids is 2. The molecule has 7 heteroatoms. The van der Waals surface area contributed by atoms with Crippen LogP contribution >= 0.6 is 11.3 Å². The second kappa shape index (κ2) is 8.66. The maximum absolute atomic E-state index is 12.8. The molecule has 1 N–H and O–H groups in total. The zero-order valence-electron chi connectivity index (χ0n) is 16.1. The molecule has 1 aliphatic heterocycles. The van der Waals surface area contributed by atoms with Gasteiger partial charge in [0, 0.05) is 30.4 Å². The van der Waals surface area contributed by atoms with Gasteiger partial charge in [-0.05, 0) is 52.9 Å². The van der Waals surface area contributed by atoms with E-state index in [1.165, 1.54) is 11.3 Å². The van der Waals surface area contributed by atoms with E-state index in [2.05, 4.69) is 21.8 Å². The summed E-state index contributed by atoms with van der Waals surface area (Å²) in [5.41, 5.74) is 0.429. The number of thiazole rings is 1. The number of hydrogen-bond acceptors (Lipinski definition) is 6. The van der Waals surface area contributed by atoms with Gasteiger partial charge in [-0.15, -0.1) is 11.3 Å². The van der Waals surface area contributed by atoms with Crippen LogP contribution in [0.4, 0.5) is 4.79 Å². The van der Waals surface area contributed by atoms with E-state index in [9.17, 15) is 9.59 Å². The van der Waals surface area contributed by atoms with Crippen LogP contribution in [0.15, 0.2) is 23.9 Å². The molecule has 0 saturated carbocycles. The van der Waals surface area contributed by atoms with Crippen LogP contribution in [0.2, 0.25) is 0 Å². The van der Waals surface area contributed by atoms with Crippen molar-refractivity contribution < 1.29 is 14.3 Å². The number of rotatable bonds is 6. The highest BCUT2D eigenvalue weighted by atomic mass is 32.1. The first-order valence-electron chi connectivity index (χ1n) is 8.99. The molecule has 1 amide bonds. The van der Waals surface area contributed by atoms with Crippen molar-refractivity contribution in [2.75, 3.05) is 13.1 Å². The van der Waals surface area contributed by atoms with E-state index >= 15 is 0 Å². The van der Waals surface area contributed by atoms with Gasteiger partial charge in [-0.2, -0.15) is 0 Å². The number of amides is 1. The van der Waals surface area contributed by atoms with Gasteiger partial charge in [-0.3, -0.25) is 4.79 Å². The normalized spacial score (nSPS) is 18.9. The number of nitrogens with zero attached hydrogens (tertiary/aromatic N) is 2. The molecular formula is C19H29N3O3S. The molecule has 1 unspecified atom stereocenters. The van der Waals surface area contributed by atoms with Gasteiger partial charge in [0.25, 0.3) is 0 Å². The molecule has 144 valence electrons. The quantitative estimate of drug-likeness (QED) is 0.760. The van der Waals surface area contributed by atoms with Gasteiger partial charge in [-0.1, -0.05) is 6.58 Å². The highest BCUT2D eigenvalue weighted by Gasteiger charge is 2.31. The maximum atomic E-state index is 12.8. The van der Waals surface area contributed by atoms with Crippen LogP contribution in [-0.4, -0.2) is 46.5 Å². The fraction of sp³-hybridized carbons (Fsp3) is 0.632. The van der Waals surface area contributed by atoms with Crippen molar-refractivity contribution in [3.8, 4) is 0 Å². The van der Waals surface area contributed by atoms with E-state index in [1.807, 2.05) is 6.92 Å². The van der Waals surface area contributed by atoms with Crippen LogP contribution in [0, 0.1) is 5.92 Å². The van der Waals surface area contributed by atoms with E-state index in [1.54, 1.807) is 32.3 Å². The predicted octanol–water partition coefficient (Wildman–Crippen LogP) is 3.85. The number of allylic oxidation sites excluding steroid dienone is 1. The summed E-state index contributed by atoms with van der Waals surface area (Å²) >= 11 is 1.29. The Hall–Kier alpha value is -1.89. The number of Topliss-reactive ketones (excluding diaryl/α,β-unsaturated/α-hetero) is 1. The van der Waals surface area contributed by atoms with Gasteiger partial charge in [0.15, 0.2) is 5.01 Å². The predicted molar refractivity (Wildman–Crippen MR) is 103 cm³/mol. The lowest BCUT2D eigenvalue weighted by Crippen LogP contribution is -2.46. The molecule has 1 saturated heterocycles. The first kappa shape index (κ1) is 20.4. The fourth-order valence-electron chi connectivity index (χ4n) is 3.11. The molecule has 1 fully saturated rings. The van der Waals surface area contributed by atoms with Crippen molar-refractivity contribution >= 4 is 23.2 Å². The van der Waals surface area contributed by atoms with Crippen LogP contribution in [0.5, 0.6) is 0 Å². The number of aromatic nitrogens is 1. The van der Waals surface area contributed by atoms with Gasteiger partial charge >= 0.3 is 6.09 Å². The third kappa shape index (κ3) is 6.12. The smallest absolute Gasteiger partial charge is 0.408 e. The SMILES string of the molecule is C=C(C)N1CCCC(C[C@H](NC(=O)OC(C)(C)C)C(=O)c2nccs2)C1. The third-order valence-electron chi connectivity index (χ3n) is 4.28. The number of carbonyl (C=O) groups is 2. The molecule has 2 heterocycles. The first-order chi connectivity index (χ1) is 12.2. The minimum atomic E-state index is -0.633. The molecule has 0 radical (unpaired) electrons. The Morgan fingerprint density at radius 1 is 1.50 bits per heavy atom. The summed E-state index contributed by atoms with van der Waals surface area (Å²) in [6, 6.07) is -0.633. The van der Waals surface area contributed by atoms with Crippen LogP contribution < -0.4 is 5.32 Å². The molecule has 1 aliphatic rings. The summed E-state index contributed by atoms with van der Waals surface area (Å²) < 4.78 is 5.34. The molecule has 26 heavy (non-hydrogen) atoms. The van der Waals surface area contributed by atoms with Crippen molar-refractivity contribution in [2.24, 2.45) is 5.92 Å². The van der Waals surface area contributed by atoms with Gasteiger partial charge < -0.3 is 15.0 Å². The molecule has 0 aromatic carbocycles. The molecular weight excluding hydrogens is 350 g/mol. The van der Waals surface area contributed by atoms with E-state index < -0.39 is 17.7 Å². The minimum Gasteiger partial charge on any atom is -0.444 e. The lowest BCUT2D eigenvalue weighted by molar-refractivity contribution is 0.0477. The molecule has 0 spiro atoms. The summed E-state index contributed by atoms with van der Waals surface area (Å²) in [4.78, 5) is 31.4. The molecule has 2 atom stereocenters. The average molecular weight is 380 g/mol. The van der Waals surface area contributed by atoms with Crippen LogP contribution in [0.1, 0.15) is 56.8 Å². The zero-order chi connectivity index (χ0) is 19.3. The Bertz CT molecular complexity index is 637. The summed E-state index contributed by atoms with van der Waals surface area (Å²) in [6.45, 7) is 13.3. The highest BCUT2D eigenvalue weighted by Crippen LogP contribution is 2.25. The van der Waals surface area contributed by atoms with Gasteiger partial charge in [0.05, 0.1) is 6.04 Å². The van der Waals surface area contributed by atoms with E-state index in [0.717, 1.165) is 31.6 Å². The third-order valence-corrected chi connectivity index (χ3v) is 5.07. The lowest BCUT2D eigenvalue weighted by Gasteiger charge is -2.36. The van der Waals surface area contributed by atoms with Gasteiger partial charge in [0.1, 0.15) is 5.60 Å². The highest BCUT2D eigenvalue weighted by molar-refractivity contribution is 7.11. The number of nitrogens with one attached hydrogen (secondary N) is 1. The average Bonchev–Trinajstić information content (AvgIpc) is 3.06. The van der Waals surface area contributed by atoms with Crippen molar-refractivity contribution in [1.82, 2.24) is 15.2 Å². The van der Waals surface area contributed by atoms with Gasteiger partial charge in [0.2, 0.25) is 5.78 Å². The summed E-state index contributed by atoms with van der Waals surface area (Å²) in [6.07, 6.45) is 3.69. The largest absolute Gasteiger partial charge is 0.444 e. The Morgan fingerprint density at radius 3 is 2.81 bits per heavy atom. The van der Waals surface area contributed by atoms with Crippen LogP contribution in [-0.2, 0) is 4.74 Å². The molecule has 1 aromatic rings. The van der Waals surface area contributed by atoms with E-state index in [4.69, 9.17) is 4.74 Å². The molecule has 2 rings (SSSR count). The fourth-order valence-corrected chi connectivity index (χ4v) is 3.74. The topological polar surface area (TPSA) is 71.5 Å². The first-order valence-corrected chi connectivity index (χ1v) is 9.87. The molecule has 1 aromatic heterocycles. The number of hydrogen-bond donors (Lipinski definition) is 1. The summed E-state index contributed by atoms with van der Waals surface area (Å²) in [5, 5.41) is 4.95. The summed E-state index contributed by atoms with van der Waals surface area (Å²) in [7, 11) is 0. The molecule has 6 nitrogen and oxygen atoms in total. The van der Waals surface area contributed by atoms with Gasteiger partial charge in [-0.25, -0.2) is 9.78 Å². The number of alkyl carbamates (subject to hydrolysis) is 1. The summed E-state index contributed by atoms with van der Waals surface area (Å²) in [5.74, 6) is 0.155. The Labute approximate surface area is 159 Å². The Kier molecular flexibility index (Phi) is 6.81. The second-order valence-electron chi connectivity index (χ2n) is 7.83. The zero-order valence-corrected chi connectivity index (χ0v) is 16.9. The van der Waals surface area contributed by atoms with Crippen molar-refractivity contribution in [2.45, 2.75) is 58.6 Å². The van der Waals surface area contributed by atoms with Crippen LogP contribution in [0.3, 0.4) is 0 Å². The Morgan fingerprint density at radius 2 is 2.23 bits per heavy atom. The maximum Gasteiger partial charge on any atom is 0.408 e. The monoisotopic (exact) mass is 379 g/mol. The number of ketones is 1. The number of likely N-dealkylation sites (tertiary alicyclic amines) is 1. The van der Waals surface area contributed by atoms with Crippen molar-refractivity contribution in [3.05, 3.63) is 28.9 Å². The minimum absolute atomic E-state index is 0.154.